The van der Waals surface area contributed by atoms with Crippen molar-refractivity contribution in [3.63, 3.8) is 0 Å². The van der Waals surface area contributed by atoms with Crippen LogP contribution in [0.2, 0.25) is 0 Å². The Labute approximate surface area is 205 Å². The van der Waals surface area contributed by atoms with Crippen LogP contribution in [0.25, 0.3) is 0 Å². The fourth-order valence-electron chi connectivity index (χ4n) is 3.41. The predicted molar refractivity (Wildman–Crippen MR) is 136 cm³/mol. The van der Waals surface area contributed by atoms with Gasteiger partial charge in [0.15, 0.2) is 10.0 Å². The number of pyridine rings is 1. The number of benzene rings is 1. The average Bonchev–Trinajstić information content (AvgIpc) is 3.30. The number of hydrogen-bond donors (Lipinski definition) is 2. The topological polar surface area (TPSA) is 93.2 Å². The van der Waals surface area contributed by atoms with Gasteiger partial charge in [-0.3, -0.25) is 9.78 Å². The van der Waals surface area contributed by atoms with Crippen LogP contribution in [0.3, 0.4) is 0 Å². The Bertz CT molecular complexity index is 1060. The van der Waals surface area contributed by atoms with Gasteiger partial charge in [0.25, 0.3) is 0 Å². The van der Waals surface area contributed by atoms with Gasteiger partial charge in [0.2, 0.25) is 5.91 Å². The fraction of sp³-hybridized carbons (Fsp3) is 0.261. The van der Waals surface area contributed by atoms with Crippen molar-refractivity contribution in [3.8, 4) is 0 Å². The van der Waals surface area contributed by atoms with E-state index in [0.717, 1.165) is 39.4 Å². The van der Waals surface area contributed by atoms with Crippen LogP contribution in [-0.4, -0.2) is 43.9 Å². The van der Waals surface area contributed by atoms with E-state index in [1.807, 2.05) is 35.0 Å². The Hall–Kier alpha value is -2.37. The van der Waals surface area contributed by atoms with Crippen molar-refractivity contribution in [3.05, 3.63) is 73.2 Å². The van der Waals surface area contributed by atoms with Gasteiger partial charge in [-0.2, -0.15) is 0 Å². The standard InChI is InChI=1S/C23H25N5O2S3/c1-2-21(29)26-18-5-7-20(8-6-18)33(30)28-13-3-4-19(15-28)27-23-25-14-22(32-23)31-16-17-9-11-24-12-10-17/h2,5-12,14,19H,1,3-4,13,15-16H2,(H,25,27)(H,26,29). The first kappa shape index (κ1) is 23.8. The third-order valence-electron chi connectivity index (χ3n) is 5.07. The van der Waals surface area contributed by atoms with Crippen molar-refractivity contribution in [2.75, 3.05) is 23.7 Å². The number of thioether (sulfide) groups is 1. The molecular weight excluding hydrogens is 474 g/mol. The first-order chi connectivity index (χ1) is 16.1. The molecule has 33 heavy (non-hydrogen) atoms. The van der Waals surface area contributed by atoms with Gasteiger partial charge in [0, 0.05) is 36.4 Å². The lowest BCUT2D eigenvalue weighted by Crippen LogP contribution is -2.45. The second kappa shape index (κ2) is 11.7. The quantitative estimate of drug-likeness (QED) is 0.253. The third kappa shape index (κ3) is 6.81. The average molecular weight is 500 g/mol. The molecule has 2 atom stereocenters. The molecule has 0 aliphatic carbocycles. The van der Waals surface area contributed by atoms with E-state index in [1.165, 1.54) is 11.6 Å². The highest BCUT2D eigenvalue weighted by molar-refractivity contribution is 8.00. The lowest BCUT2D eigenvalue weighted by molar-refractivity contribution is -0.111. The monoisotopic (exact) mass is 499 g/mol. The van der Waals surface area contributed by atoms with E-state index in [0.29, 0.717) is 12.2 Å². The maximum atomic E-state index is 13.1. The Kier molecular flexibility index (Phi) is 8.40. The molecule has 0 bridgehead atoms. The van der Waals surface area contributed by atoms with Crippen molar-refractivity contribution in [1.29, 1.82) is 0 Å². The molecule has 1 aromatic carbocycles. The van der Waals surface area contributed by atoms with E-state index in [4.69, 9.17) is 0 Å². The molecule has 0 spiro atoms. The van der Waals surface area contributed by atoms with Gasteiger partial charge in [-0.25, -0.2) is 4.98 Å². The summed E-state index contributed by atoms with van der Waals surface area (Å²) in [7, 11) is 0. The highest BCUT2D eigenvalue weighted by atomic mass is 32.2. The number of carbonyl (C=O) groups excluding carboxylic acids is 1. The number of anilines is 2. The Balaban J connectivity index is 1.30. The maximum absolute atomic E-state index is 13.1. The van der Waals surface area contributed by atoms with E-state index in [9.17, 15) is 9.35 Å². The molecule has 172 valence electrons. The fourth-order valence-corrected chi connectivity index (χ4v) is 6.59. The van der Waals surface area contributed by atoms with Crippen LogP contribution in [0.1, 0.15) is 18.4 Å². The lowest BCUT2D eigenvalue weighted by atomic mass is 10.1. The van der Waals surface area contributed by atoms with Crippen LogP contribution >= 0.6 is 23.1 Å². The van der Waals surface area contributed by atoms with E-state index in [1.54, 1.807) is 47.4 Å². The summed E-state index contributed by atoms with van der Waals surface area (Å²) in [6, 6.07) is 11.3. The summed E-state index contributed by atoms with van der Waals surface area (Å²) in [5, 5.41) is 7.12. The summed E-state index contributed by atoms with van der Waals surface area (Å²) in [4.78, 5) is 20.7. The first-order valence-corrected chi connectivity index (χ1v) is 13.5. The van der Waals surface area contributed by atoms with Crippen molar-refractivity contribution >= 4 is 51.2 Å². The lowest BCUT2D eigenvalue weighted by Gasteiger charge is -2.32. The molecule has 4 rings (SSSR count). The smallest absolute Gasteiger partial charge is 0.247 e. The minimum Gasteiger partial charge on any atom is -0.593 e. The zero-order chi connectivity index (χ0) is 23.0. The number of nitrogens with one attached hydrogen (secondary N) is 2. The van der Waals surface area contributed by atoms with Crippen LogP contribution in [0, 0.1) is 0 Å². The van der Waals surface area contributed by atoms with E-state index >= 15 is 0 Å². The molecule has 1 aliphatic heterocycles. The molecule has 1 saturated heterocycles. The Morgan fingerprint density at radius 3 is 2.85 bits per heavy atom. The molecule has 0 radical (unpaired) electrons. The number of nitrogens with zero attached hydrogens (tertiary/aromatic N) is 3. The van der Waals surface area contributed by atoms with Gasteiger partial charge in [0.05, 0.1) is 28.3 Å². The van der Waals surface area contributed by atoms with Crippen LogP contribution in [0.5, 0.6) is 0 Å². The van der Waals surface area contributed by atoms with E-state index < -0.39 is 11.4 Å². The molecule has 2 aromatic heterocycles. The Morgan fingerprint density at radius 1 is 1.30 bits per heavy atom. The first-order valence-electron chi connectivity index (χ1n) is 10.5. The normalized spacial score (nSPS) is 17.3. The SMILES string of the molecule is C=CC(=O)Nc1ccc([S+]([O-])N2CCCC(Nc3ncc(SCc4ccncc4)s3)C2)cc1. The zero-order valence-electron chi connectivity index (χ0n) is 18.0. The molecular formula is C23H25N5O2S3. The van der Waals surface area contributed by atoms with Crippen molar-refractivity contribution < 1.29 is 9.35 Å². The van der Waals surface area contributed by atoms with Gasteiger partial charge in [-0.1, -0.05) is 17.9 Å². The van der Waals surface area contributed by atoms with E-state index in [-0.39, 0.29) is 11.9 Å². The zero-order valence-corrected chi connectivity index (χ0v) is 20.4. The van der Waals surface area contributed by atoms with Gasteiger partial charge in [-0.05, 0) is 60.9 Å². The number of aromatic nitrogens is 2. The van der Waals surface area contributed by atoms with E-state index in [2.05, 4.69) is 27.2 Å². The molecule has 3 aromatic rings. The van der Waals surface area contributed by atoms with Crippen LogP contribution < -0.4 is 10.6 Å². The minimum atomic E-state index is -1.26. The molecule has 1 fully saturated rings. The van der Waals surface area contributed by atoms with Crippen LogP contribution in [0.15, 0.2) is 76.7 Å². The molecule has 7 nitrogen and oxygen atoms in total. The number of hydrogen-bond acceptors (Lipinski definition) is 8. The summed E-state index contributed by atoms with van der Waals surface area (Å²) in [5.41, 5.74) is 1.89. The van der Waals surface area contributed by atoms with Gasteiger partial charge in [0.1, 0.15) is 0 Å². The van der Waals surface area contributed by atoms with Gasteiger partial charge < -0.3 is 15.2 Å². The van der Waals surface area contributed by atoms with Crippen LogP contribution in [0.4, 0.5) is 10.8 Å². The number of amides is 1. The second-order valence-electron chi connectivity index (χ2n) is 7.47. The number of rotatable bonds is 9. The van der Waals surface area contributed by atoms with Gasteiger partial charge in [-0.15, -0.1) is 16.1 Å². The molecule has 3 heterocycles. The van der Waals surface area contributed by atoms with Crippen LogP contribution in [-0.2, 0) is 21.9 Å². The summed E-state index contributed by atoms with van der Waals surface area (Å²) < 4.78 is 16.2. The van der Waals surface area contributed by atoms with Crippen molar-refractivity contribution in [2.24, 2.45) is 0 Å². The summed E-state index contributed by atoms with van der Waals surface area (Å²) in [6.45, 7) is 4.91. The van der Waals surface area contributed by atoms with Crippen molar-refractivity contribution in [1.82, 2.24) is 14.3 Å². The largest absolute Gasteiger partial charge is 0.593 e. The number of piperidine rings is 1. The molecule has 2 unspecified atom stereocenters. The highest BCUT2D eigenvalue weighted by Gasteiger charge is 2.30. The third-order valence-corrected chi connectivity index (χ3v) is 8.74. The molecule has 1 amide bonds. The Morgan fingerprint density at radius 2 is 2.09 bits per heavy atom. The van der Waals surface area contributed by atoms with Crippen molar-refractivity contribution in [2.45, 2.75) is 33.7 Å². The summed E-state index contributed by atoms with van der Waals surface area (Å²) in [5.74, 6) is 0.617. The molecule has 2 N–H and O–H groups in total. The molecule has 1 aliphatic rings. The number of carbonyl (C=O) groups is 1. The minimum absolute atomic E-state index is 0.193. The van der Waals surface area contributed by atoms with Gasteiger partial charge >= 0.3 is 0 Å². The number of thiazole rings is 1. The second-order valence-corrected chi connectivity index (χ2v) is 11.3. The molecule has 10 heteroatoms. The highest BCUT2D eigenvalue weighted by Crippen LogP contribution is 2.32. The maximum Gasteiger partial charge on any atom is 0.247 e. The summed E-state index contributed by atoms with van der Waals surface area (Å²) >= 11 is 2.16. The predicted octanol–water partition coefficient (Wildman–Crippen LogP) is 4.55. The summed E-state index contributed by atoms with van der Waals surface area (Å²) in [6.07, 6.45) is 8.72. The molecule has 0 saturated carbocycles.